The third-order valence-corrected chi connectivity index (χ3v) is 3.60. The molecule has 1 aliphatic heterocycles. The number of hydrogen-bond donors (Lipinski definition) is 2. The molecule has 1 aromatic rings. The Morgan fingerprint density at radius 1 is 1.33 bits per heavy atom. The summed E-state index contributed by atoms with van der Waals surface area (Å²) >= 11 is 5.74. The number of amides is 1. The minimum Gasteiger partial charge on any atom is -0.507 e. The number of phenolic OH excluding ortho intramolecular Hbond substituents is 1. The lowest BCUT2D eigenvalue weighted by molar-refractivity contribution is -0.145. The molecule has 1 aromatic carbocycles. The molecule has 1 heterocycles. The second kappa shape index (κ2) is 6.78. The van der Waals surface area contributed by atoms with Crippen LogP contribution < -0.4 is 0 Å². The fraction of sp³-hybridized carbons (Fsp3) is 0.429. The van der Waals surface area contributed by atoms with Crippen LogP contribution >= 0.6 is 11.6 Å². The first-order valence-electron chi connectivity index (χ1n) is 6.58. The number of piperidine rings is 1. The third kappa shape index (κ3) is 4.09. The van der Waals surface area contributed by atoms with E-state index in [1.807, 2.05) is 0 Å². The van der Waals surface area contributed by atoms with Crippen molar-refractivity contribution >= 4 is 23.5 Å². The molecule has 0 bridgehead atoms. The van der Waals surface area contributed by atoms with E-state index in [9.17, 15) is 14.7 Å². The van der Waals surface area contributed by atoms with Crippen molar-refractivity contribution in [2.75, 3.05) is 19.7 Å². The molecule has 1 saturated heterocycles. The van der Waals surface area contributed by atoms with Crippen LogP contribution in [0.25, 0.3) is 0 Å². The monoisotopic (exact) mass is 313 g/mol. The molecule has 0 saturated carbocycles. The fourth-order valence-corrected chi connectivity index (χ4v) is 2.44. The summed E-state index contributed by atoms with van der Waals surface area (Å²) in [6.07, 6.45) is 1.00. The van der Waals surface area contributed by atoms with Crippen molar-refractivity contribution in [2.45, 2.75) is 18.9 Å². The lowest BCUT2D eigenvalue weighted by Crippen LogP contribution is -2.41. The van der Waals surface area contributed by atoms with E-state index in [-0.39, 0.29) is 29.9 Å². The summed E-state index contributed by atoms with van der Waals surface area (Å²) in [4.78, 5) is 24.3. The number of aliphatic carboxylic acids is 1. The Labute approximate surface area is 126 Å². The molecule has 7 heteroatoms. The van der Waals surface area contributed by atoms with Gasteiger partial charge in [-0.1, -0.05) is 11.6 Å². The number of carboxylic acid groups (broad SMARTS) is 1. The standard InChI is InChI=1S/C14H16ClNO5/c15-9-1-2-11(12(17)7-9)14(20)16-5-3-10(4-6-16)21-8-13(18)19/h1-2,7,10,17H,3-6,8H2,(H,18,19). The summed E-state index contributed by atoms with van der Waals surface area (Å²) in [5.41, 5.74) is 0.212. The predicted octanol–water partition coefficient (Wildman–Crippen LogP) is 1.75. The maximum atomic E-state index is 12.3. The molecule has 2 rings (SSSR count). The van der Waals surface area contributed by atoms with Crippen molar-refractivity contribution in [1.82, 2.24) is 4.90 Å². The van der Waals surface area contributed by atoms with Gasteiger partial charge in [0.25, 0.3) is 5.91 Å². The van der Waals surface area contributed by atoms with Gasteiger partial charge in [-0.3, -0.25) is 4.79 Å². The Hall–Kier alpha value is -1.79. The van der Waals surface area contributed by atoms with Crippen LogP contribution in [-0.4, -0.2) is 52.8 Å². The van der Waals surface area contributed by atoms with Gasteiger partial charge >= 0.3 is 5.97 Å². The number of halogens is 1. The number of aromatic hydroxyl groups is 1. The Morgan fingerprint density at radius 3 is 2.57 bits per heavy atom. The molecule has 1 fully saturated rings. The molecular formula is C14H16ClNO5. The van der Waals surface area contributed by atoms with Crippen LogP contribution in [0.15, 0.2) is 18.2 Å². The number of ether oxygens (including phenoxy) is 1. The van der Waals surface area contributed by atoms with Gasteiger partial charge in [0.05, 0.1) is 11.7 Å². The van der Waals surface area contributed by atoms with E-state index in [2.05, 4.69) is 0 Å². The molecule has 6 nitrogen and oxygen atoms in total. The van der Waals surface area contributed by atoms with Crippen molar-refractivity contribution in [3.05, 3.63) is 28.8 Å². The van der Waals surface area contributed by atoms with Crippen LogP contribution in [0.2, 0.25) is 5.02 Å². The van der Waals surface area contributed by atoms with Gasteiger partial charge in [-0.05, 0) is 31.0 Å². The largest absolute Gasteiger partial charge is 0.507 e. The molecular weight excluding hydrogens is 298 g/mol. The molecule has 1 aliphatic rings. The van der Waals surface area contributed by atoms with Crippen LogP contribution in [-0.2, 0) is 9.53 Å². The zero-order chi connectivity index (χ0) is 15.4. The van der Waals surface area contributed by atoms with Crippen molar-refractivity contribution in [1.29, 1.82) is 0 Å². The summed E-state index contributed by atoms with van der Waals surface area (Å²) in [6.45, 7) is 0.604. The van der Waals surface area contributed by atoms with Crippen molar-refractivity contribution < 1.29 is 24.5 Å². The van der Waals surface area contributed by atoms with E-state index in [4.69, 9.17) is 21.4 Å². The van der Waals surface area contributed by atoms with Gasteiger partial charge in [0.15, 0.2) is 0 Å². The van der Waals surface area contributed by atoms with Crippen molar-refractivity contribution in [3.63, 3.8) is 0 Å². The smallest absolute Gasteiger partial charge is 0.329 e. The first kappa shape index (κ1) is 15.6. The normalized spacial score (nSPS) is 16.0. The molecule has 0 radical (unpaired) electrons. The first-order chi connectivity index (χ1) is 9.97. The lowest BCUT2D eigenvalue weighted by atomic mass is 10.1. The average Bonchev–Trinajstić information content (AvgIpc) is 2.45. The zero-order valence-corrected chi connectivity index (χ0v) is 12.0. The Kier molecular flexibility index (Phi) is 5.03. The van der Waals surface area contributed by atoms with E-state index in [1.165, 1.54) is 12.1 Å². The summed E-state index contributed by atoms with van der Waals surface area (Å²) in [5.74, 6) is -1.41. The third-order valence-electron chi connectivity index (χ3n) is 3.36. The Balaban J connectivity index is 1.92. The maximum Gasteiger partial charge on any atom is 0.329 e. The van der Waals surface area contributed by atoms with Gasteiger partial charge in [0.1, 0.15) is 12.4 Å². The molecule has 114 valence electrons. The highest BCUT2D eigenvalue weighted by atomic mass is 35.5. The van der Waals surface area contributed by atoms with Gasteiger partial charge in [-0.25, -0.2) is 4.79 Å². The molecule has 0 spiro atoms. The van der Waals surface area contributed by atoms with Crippen LogP contribution in [0, 0.1) is 0 Å². The molecule has 0 aromatic heterocycles. The second-order valence-corrected chi connectivity index (χ2v) is 5.29. The Bertz CT molecular complexity index is 540. The summed E-state index contributed by atoms with van der Waals surface area (Å²) in [5, 5.41) is 18.7. The molecule has 1 amide bonds. The van der Waals surface area contributed by atoms with E-state index in [1.54, 1.807) is 11.0 Å². The maximum absolute atomic E-state index is 12.3. The zero-order valence-electron chi connectivity index (χ0n) is 11.3. The average molecular weight is 314 g/mol. The number of carbonyl (C=O) groups excluding carboxylic acids is 1. The topological polar surface area (TPSA) is 87.1 Å². The van der Waals surface area contributed by atoms with Crippen molar-refractivity contribution in [3.8, 4) is 5.75 Å². The van der Waals surface area contributed by atoms with Crippen molar-refractivity contribution in [2.24, 2.45) is 0 Å². The molecule has 0 atom stereocenters. The summed E-state index contributed by atoms with van der Waals surface area (Å²) < 4.78 is 5.21. The lowest BCUT2D eigenvalue weighted by Gasteiger charge is -2.31. The minimum absolute atomic E-state index is 0.142. The van der Waals surface area contributed by atoms with Gasteiger partial charge in [0, 0.05) is 18.1 Å². The first-order valence-corrected chi connectivity index (χ1v) is 6.96. The fourth-order valence-electron chi connectivity index (χ4n) is 2.27. The van der Waals surface area contributed by atoms with Gasteiger partial charge in [-0.2, -0.15) is 0 Å². The van der Waals surface area contributed by atoms with Crippen LogP contribution in [0.4, 0.5) is 0 Å². The molecule has 2 N–H and O–H groups in total. The number of benzene rings is 1. The summed E-state index contributed by atoms with van der Waals surface area (Å²) in [6, 6.07) is 4.38. The molecule has 21 heavy (non-hydrogen) atoms. The van der Waals surface area contributed by atoms with Gasteiger partial charge in [-0.15, -0.1) is 0 Å². The van der Waals surface area contributed by atoms with Crippen LogP contribution in [0.1, 0.15) is 23.2 Å². The highest BCUT2D eigenvalue weighted by Gasteiger charge is 2.25. The molecule has 0 unspecified atom stereocenters. The van der Waals surface area contributed by atoms with Crippen LogP contribution in [0.5, 0.6) is 5.75 Å². The number of nitrogens with zero attached hydrogens (tertiary/aromatic N) is 1. The number of rotatable bonds is 4. The van der Waals surface area contributed by atoms with E-state index in [0.29, 0.717) is 31.0 Å². The Morgan fingerprint density at radius 2 is 2.00 bits per heavy atom. The van der Waals surface area contributed by atoms with E-state index in [0.717, 1.165) is 0 Å². The van der Waals surface area contributed by atoms with Crippen LogP contribution in [0.3, 0.4) is 0 Å². The number of likely N-dealkylation sites (tertiary alicyclic amines) is 1. The highest BCUT2D eigenvalue weighted by Crippen LogP contribution is 2.25. The number of phenols is 1. The second-order valence-electron chi connectivity index (χ2n) is 4.86. The highest BCUT2D eigenvalue weighted by molar-refractivity contribution is 6.30. The quantitative estimate of drug-likeness (QED) is 0.884. The number of carbonyl (C=O) groups is 2. The van der Waals surface area contributed by atoms with E-state index >= 15 is 0 Å². The predicted molar refractivity (Wildman–Crippen MR) is 75.6 cm³/mol. The minimum atomic E-state index is -1.00. The van der Waals surface area contributed by atoms with E-state index < -0.39 is 5.97 Å². The van der Waals surface area contributed by atoms with Gasteiger partial charge in [0.2, 0.25) is 0 Å². The summed E-state index contributed by atoms with van der Waals surface area (Å²) in [7, 11) is 0. The SMILES string of the molecule is O=C(O)COC1CCN(C(=O)c2ccc(Cl)cc2O)CC1. The number of hydrogen-bond acceptors (Lipinski definition) is 4. The number of carboxylic acids is 1. The molecule has 0 aliphatic carbocycles. The van der Waals surface area contributed by atoms with Gasteiger partial charge < -0.3 is 19.8 Å².